The lowest BCUT2D eigenvalue weighted by molar-refractivity contribution is 0.0694. The van der Waals surface area contributed by atoms with E-state index in [0.29, 0.717) is 28.8 Å². The number of nitrogens with zero attached hydrogens (tertiary/aromatic N) is 1. The first kappa shape index (κ1) is 16.3. The van der Waals surface area contributed by atoms with E-state index in [2.05, 4.69) is 4.98 Å². The van der Waals surface area contributed by atoms with E-state index in [1.165, 1.54) is 0 Å². The second-order valence-electron chi connectivity index (χ2n) is 5.16. The van der Waals surface area contributed by atoms with Gasteiger partial charge in [0.25, 0.3) is 0 Å². The highest BCUT2D eigenvalue weighted by Gasteiger charge is 2.17. The summed E-state index contributed by atoms with van der Waals surface area (Å²) < 4.78 is 5.61. The van der Waals surface area contributed by atoms with Crippen LogP contribution in [-0.2, 0) is 0 Å². The van der Waals surface area contributed by atoms with Crippen molar-refractivity contribution in [1.29, 1.82) is 0 Å². The molecule has 1 aromatic heterocycles. The maximum Gasteiger partial charge on any atom is 0.337 e. The summed E-state index contributed by atoms with van der Waals surface area (Å²) in [6.07, 6.45) is 0. The van der Waals surface area contributed by atoms with Crippen LogP contribution in [0.2, 0.25) is 5.02 Å². The Hall–Kier alpha value is -2.07. The second kappa shape index (κ2) is 6.79. The van der Waals surface area contributed by atoms with Gasteiger partial charge in [-0.3, -0.25) is 4.98 Å². The van der Waals surface area contributed by atoms with Crippen LogP contribution < -0.4 is 4.74 Å². The van der Waals surface area contributed by atoms with E-state index in [0.717, 1.165) is 5.56 Å². The molecule has 0 saturated heterocycles. The van der Waals surface area contributed by atoms with E-state index in [-0.39, 0.29) is 11.5 Å². The molecule has 1 heterocycles. The van der Waals surface area contributed by atoms with Gasteiger partial charge in [-0.05, 0) is 43.2 Å². The monoisotopic (exact) mass is 319 g/mol. The first-order valence-corrected chi connectivity index (χ1v) is 7.48. The Kier molecular flexibility index (Phi) is 5.03. The molecule has 0 bridgehead atoms. The molecule has 0 amide bonds. The van der Waals surface area contributed by atoms with E-state index in [9.17, 15) is 9.90 Å². The number of hydrogen-bond acceptors (Lipinski definition) is 3. The quantitative estimate of drug-likeness (QED) is 0.873. The van der Waals surface area contributed by atoms with Crippen LogP contribution in [0.15, 0.2) is 30.3 Å². The van der Waals surface area contributed by atoms with Gasteiger partial charge < -0.3 is 9.84 Å². The van der Waals surface area contributed by atoms with Gasteiger partial charge in [-0.2, -0.15) is 0 Å². The lowest BCUT2D eigenvalue weighted by atomic mass is 10.0. The summed E-state index contributed by atoms with van der Waals surface area (Å²) in [5.74, 6) is -0.321. The maximum absolute atomic E-state index is 11.3. The largest absolute Gasteiger partial charge is 0.493 e. The molecule has 0 spiro atoms. The summed E-state index contributed by atoms with van der Waals surface area (Å²) >= 11 is 6.01. The summed E-state index contributed by atoms with van der Waals surface area (Å²) in [6.45, 7) is 6.25. The average molecular weight is 320 g/mol. The molecule has 2 rings (SSSR count). The molecule has 1 N–H and O–H groups in total. The van der Waals surface area contributed by atoms with Gasteiger partial charge in [0.1, 0.15) is 5.75 Å². The molecule has 0 unspecified atom stereocenters. The Bertz CT molecular complexity index is 698. The van der Waals surface area contributed by atoms with Gasteiger partial charge in [-0.25, -0.2) is 4.79 Å². The number of carboxylic acids is 1. The molecule has 1 aromatic carbocycles. The molecule has 5 heteroatoms. The summed E-state index contributed by atoms with van der Waals surface area (Å²) in [4.78, 5) is 15.8. The van der Waals surface area contributed by atoms with Crippen LogP contribution in [0.5, 0.6) is 5.75 Å². The van der Waals surface area contributed by atoms with Crippen LogP contribution in [0, 0.1) is 0 Å². The van der Waals surface area contributed by atoms with Crippen LogP contribution in [0.3, 0.4) is 0 Å². The van der Waals surface area contributed by atoms with Crippen LogP contribution >= 0.6 is 11.6 Å². The Morgan fingerprint density at radius 1 is 1.32 bits per heavy atom. The van der Waals surface area contributed by atoms with Gasteiger partial charge in [0.15, 0.2) is 0 Å². The molecule has 4 nitrogen and oxygen atoms in total. The third-order valence-corrected chi connectivity index (χ3v) is 3.46. The minimum absolute atomic E-state index is 0.00823. The zero-order valence-electron chi connectivity index (χ0n) is 12.8. The van der Waals surface area contributed by atoms with Crippen molar-refractivity contribution in [3.8, 4) is 17.0 Å². The molecule has 22 heavy (non-hydrogen) atoms. The van der Waals surface area contributed by atoms with Crippen molar-refractivity contribution in [2.75, 3.05) is 6.61 Å². The second-order valence-corrected chi connectivity index (χ2v) is 5.60. The lowest BCUT2D eigenvalue weighted by Gasteiger charge is -2.14. The third kappa shape index (κ3) is 3.39. The highest BCUT2D eigenvalue weighted by Crippen LogP contribution is 2.33. The summed E-state index contributed by atoms with van der Waals surface area (Å²) in [6, 6.07) is 8.62. The average Bonchev–Trinajstić information content (AvgIpc) is 2.47. The van der Waals surface area contributed by atoms with Crippen molar-refractivity contribution in [3.63, 3.8) is 0 Å². The van der Waals surface area contributed by atoms with Gasteiger partial charge >= 0.3 is 5.97 Å². The zero-order chi connectivity index (χ0) is 16.3. The molecular formula is C17H18ClNO3. The van der Waals surface area contributed by atoms with Crippen LogP contribution in [-0.4, -0.2) is 22.7 Å². The first-order chi connectivity index (χ1) is 10.4. The molecule has 0 aliphatic heterocycles. The molecular weight excluding hydrogens is 302 g/mol. The number of ether oxygens (including phenoxy) is 1. The standard InChI is InChI=1S/C17H18ClNO3/c1-4-22-15-9-11(18)5-6-12(15)14-8-7-13(17(20)21)16(19-14)10(2)3/h5-10H,4H2,1-3H3,(H,20,21). The normalized spacial score (nSPS) is 10.8. The fourth-order valence-electron chi connectivity index (χ4n) is 2.23. The highest BCUT2D eigenvalue weighted by atomic mass is 35.5. The first-order valence-electron chi connectivity index (χ1n) is 7.11. The molecule has 2 aromatic rings. The predicted molar refractivity (Wildman–Crippen MR) is 86.9 cm³/mol. The molecule has 0 fully saturated rings. The number of pyridine rings is 1. The van der Waals surface area contributed by atoms with Crippen LogP contribution in [0.4, 0.5) is 0 Å². The molecule has 0 aliphatic carbocycles. The summed E-state index contributed by atoms with van der Waals surface area (Å²) in [5, 5.41) is 9.85. The summed E-state index contributed by atoms with van der Waals surface area (Å²) in [7, 11) is 0. The van der Waals surface area contributed by atoms with E-state index in [1.54, 1.807) is 24.3 Å². The topological polar surface area (TPSA) is 59.4 Å². The number of carbonyl (C=O) groups is 1. The molecule has 0 saturated carbocycles. The van der Waals surface area contributed by atoms with Gasteiger partial charge in [0.2, 0.25) is 0 Å². The van der Waals surface area contributed by atoms with Gasteiger partial charge in [0.05, 0.1) is 23.6 Å². The van der Waals surface area contributed by atoms with Gasteiger partial charge in [-0.15, -0.1) is 0 Å². The van der Waals surface area contributed by atoms with Crippen molar-refractivity contribution < 1.29 is 14.6 Å². The van der Waals surface area contributed by atoms with Gasteiger partial charge in [0, 0.05) is 10.6 Å². The van der Waals surface area contributed by atoms with Crippen molar-refractivity contribution >= 4 is 17.6 Å². The maximum atomic E-state index is 11.3. The van der Waals surface area contributed by atoms with Crippen LogP contribution in [0.1, 0.15) is 42.7 Å². The van der Waals surface area contributed by atoms with Crippen molar-refractivity contribution in [2.45, 2.75) is 26.7 Å². The molecule has 0 atom stereocenters. The van der Waals surface area contributed by atoms with Gasteiger partial charge in [-0.1, -0.05) is 25.4 Å². The minimum Gasteiger partial charge on any atom is -0.493 e. The Morgan fingerprint density at radius 2 is 2.05 bits per heavy atom. The molecule has 0 radical (unpaired) electrons. The van der Waals surface area contributed by atoms with E-state index >= 15 is 0 Å². The minimum atomic E-state index is -0.969. The predicted octanol–water partition coefficient (Wildman–Crippen LogP) is 4.62. The van der Waals surface area contributed by atoms with Crippen LogP contribution in [0.25, 0.3) is 11.3 Å². The number of carboxylic acid groups (broad SMARTS) is 1. The number of rotatable bonds is 5. The number of benzene rings is 1. The number of aromatic carboxylic acids is 1. The lowest BCUT2D eigenvalue weighted by Crippen LogP contribution is -2.07. The fraction of sp³-hybridized carbons (Fsp3) is 0.294. The van der Waals surface area contributed by atoms with E-state index < -0.39 is 5.97 Å². The Labute approximate surface area is 134 Å². The number of halogens is 1. The Balaban J connectivity index is 2.58. The van der Waals surface area contributed by atoms with E-state index in [4.69, 9.17) is 16.3 Å². The number of aromatic nitrogens is 1. The third-order valence-electron chi connectivity index (χ3n) is 3.22. The summed E-state index contributed by atoms with van der Waals surface area (Å²) in [5.41, 5.74) is 2.26. The molecule has 0 aliphatic rings. The zero-order valence-corrected chi connectivity index (χ0v) is 13.5. The van der Waals surface area contributed by atoms with Crippen molar-refractivity contribution in [1.82, 2.24) is 4.98 Å². The Morgan fingerprint density at radius 3 is 2.64 bits per heavy atom. The highest BCUT2D eigenvalue weighted by molar-refractivity contribution is 6.30. The van der Waals surface area contributed by atoms with Crippen molar-refractivity contribution in [2.24, 2.45) is 0 Å². The van der Waals surface area contributed by atoms with Crippen molar-refractivity contribution in [3.05, 3.63) is 46.6 Å². The SMILES string of the molecule is CCOc1cc(Cl)ccc1-c1ccc(C(=O)O)c(C(C)C)n1. The molecule has 116 valence electrons. The number of hydrogen-bond donors (Lipinski definition) is 1. The smallest absolute Gasteiger partial charge is 0.337 e. The fourth-order valence-corrected chi connectivity index (χ4v) is 2.39. The van der Waals surface area contributed by atoms with E-state index in [1.807, 2.05) is 26.8 Å².